The van der Waals surface area contributed by atoms with Crippen molar-refractivity contribution in [2.75, 3.05) is 13.7 Å². The van der Waals surface area contributed by atoms with Crippen molar-refractivity contribution in [3.05, 3.63) is 0 Å². The Morgan fingerprint density at radius 1 is 1.44 bits per heavy atom. The van der Waals surface area contributed by atoms with Crippen LogP contribution in [-0.4, -0.2) is 31.3 Å². The van der Waals surface area contributed by atoms with Crippen LogP contribution in [0.3, 0.4) is 0 Å². The molecule has 1 saturated carbocycles. The van der Waals surface area contributed by atoms with Crippen LogP contribution >= 0.6 is 0 Å². The van der Waals surface area contributed by atoms with Gasteiger partial charge in [0.2, 0.25) is 0 Å². The van der Waals surface area contributed by atoms with E-state index in [0.717, 1.165) is 19.3 Å². The first-order chi connectivity index (χ1) is 7.40. The Hall–Kier alpha value is -0.610. The average molecular weight is 227 g/mol. The van der Waals surface area contributed by atoms with Gasteiger partial charge in [0, 0.05) is 6.04 Å². The van der Waals surface area contributed by atoms with Gasteiger partial charge in [0.15, 0.2) is 0 Å². The van der Waals surface area contributed by atoms with Gasteiger partial charge in [-0.25, -0.2) is 0 Å². The minimum atomic E-state index is -0.365. The molecule has 1 spiro atoms. The SMILES string of the molecule is COC(=O)C1C(N)COC12CCC(C)(C)C2. The van der Waals surface area contributed by atoms with E-state index in [0.29, 0.717) is 6.61 Å². The molecule has 2 fully saturated rings. The lowest BCUT2D eigenvalue weighted by Gasteiger charge is -2.30. The summed E-state index contributed by atoms with van der Waals surface area (Å²) >= 11 is 0. The molecular weight excluding hydrogens is 206 g/mol. The van der Waals surface area contributed by atoms with E-state index in [1.165, 1.54) is 7.11 Å². The third kappa shape index (κ3) is 1.74. The summed E-state index contributed by atoms with van der Waals surface area (Å²) in [6, 6.07) is -0.221. The highest BCUT2D eigenvalue weighted by Gasteiger charge is 2.58. The normalized spacial score (nSPS) is 41.5. The minimum absolute atomic E-state index is 0.220. The first kappa shape index (κ1) is 11.9. The van der Waals surface area contributed by atoms with Gasteiger partial charge in [-0.05, 0) is 24.7 Å². The second-order valence-corrected chi connectivity index (χ2v) is 5.88. The highest BCUT2D eigenvalue weighted by Crippen LogP contribution is 2.52. The van der Waals surface area contributed by atoms with Crippen LogP contribution in [0.15, 0.2) is 0 Å². The number of esters is 1. The summed E-state index contributed by atoms with van der Waals surface area (Å²) in [4.78, 5) is 11.8. The molecule has 1 saturated heterocycles. The van der Waals surface area contributed by atoms with Crippen LogP contribution < -0.4 is 5.73 Å². The van der Waals surface area contributed by atoms with Crippen molar-refractivity contribution < 1.29 is 14.3 Å². The van der Waals surface area contributed by atoms with Crippen LogP contribution in [0, 0.1) is 11.3 Å². The Labute approximate surface area is 96.5 Å². The van der Waals surface area contributed by atoms with Gasteiger partial charge in [0.1, 0.15) is 5.92 Å². The van der Waals surface area contributed by atoms with E-state index in [1.807, 2.05) is 0 Å². The smallest absolute Gasteiger partial charge is 0.313 e. The molecule has 4 nitrogen and oxygen atoms in total. The molecule has 0 aromatic heterocycles. The first-order valence-electron chi connectivity index (χ1n) is 5.88. The van der Waals surface area contributed by atoms with Crippen molar-refractivity contribution in [2.45, 2.75) is 44.8 Å². The zero-order valence-corrected chi connectivity index (χ0v) is 10.3. The maximum atomic E-state index is 11.8. The lowest BCUT2D eigenvalue weighted by molar-refractivity contribution is -0.152. The Kier molecular flexibility index (Phi) is 2.75. The van der Waals surface area contributed by atoms with Crippen LogP contribution in [0.2, 0.25) is 0 Å². The Morgan fingerprint density at radius 3 is 2.62 bits per heavy atom. The molecule has 0 amide bonds. The van der Waals surface area contributed by atoms with Gasteiger partial charge in [0.05, 0.1) is 19.3 Å². The molecule has 16 heavy (non-hydrogen) atoms. The average Bonchev–Trinajstić information content (AvgIpc) is 2.68. The second kappa shape index (κ2) is 3.70. The molecule has 2 rings (SSSR count). The number of hydrogen-bond donors (Lipinski definition) is 1. The molecule has 0 aromatic rings. The largest absolute Gasteiger partial charge is 0.469 e. The monoisotopic (exact) mass is 227 g/mol. The molecule has 0 radical (unpaired) electrons. The lowest BCUT2D eigenvalue weighted by Crippen LogP contribution is -2.45. The summed E-state index contributed by atoms with van der Waals surface area (Å²) in [7, 11) is 1.42. The Morgan fingerprint density at radius 2 is 2.12 bits per heavy atom. The number of carbonyl (C=O) groups is 1. The molecule has 2 aliphatic rings. The topological polar surface area (TPSA) is 61.5 Å². The number of methoxy groups -OCH3 is 1. The summed E-state index contributed by atoms with van der Waals surface area (Å²) in [6.45, 7) is 4.89. The highest BCUT2D eigenvalue weighted by molar-refractivity contribution is 5.75. The van der Waals surface area contributed by atoms with E-state index >= 15 is 0 Å². The molecular formula is C12H21NO3. The molecule has 3 unspecified atom stereocenters. The highest BCUT2D eigenvalue weighted by atomic mass is 16.5. The molecule has 4 heteroatoms. The van der Waals surface area contributed by atoms with E-state index in [1.54, 1.807) is 0 Å². The van der Waals surface area contributed by atoms with Gasteiger partial charge < -0.3 is 15.2 Å². The van der Waals surface area contributed by atoms with E-state index in [2.05, 4.69) is 13.8 Å². The summed E-state index contributed by atoms with van der Waals surface area (Å²) in [5.74, 6) is -0.512. The number of ether oxygens (including phenoxy) is 2. The van der Waals surface area contributed by atoms with E-state index < -0.39 is 0 Å². The fourth-order valence-electron chi connectivity index (χ4n) is 3.28. The predicted octanol–water partition coefficient (Wildman–Crippen LogP) is 1.08. The molecule has 0 bridgehead atoms. The molecule has 92 valence electrons. The zero-order chi connectivity index (χ0) is 12.0. The van der Waals surface area contributed by atoms with Gasteiger partial charge in [-0.2, -0.15) is 0 Å². The van der Waals surface area contributed by atoms with Crippen molar-refractivity contribution in [3.63, 3.8) is 0 Å². The van der Waals surface area contributed by atoms with Crippen LogP contribution in [-0.2, 0) is 14.3 Å². The summed E-state index contributed by atoms with van der Waals surface area (Å²) < 4.78 is 10.7. The maximum Gasteiger partial charge on any atom is 0.313 e. The molecule has 0 aromatic carbocycles. The Balaban J connectivity index is 2.24. The minimum Gasteiger partial charge on any atom is -0.469 e. The van der Waals surface area contributed by atoms with Gasteiger partial charge in [-0.3, -0.25) is 4.79 Å². The van der Waals surface area contributed by atoms with Crippen LogP contribution in [0.5, 0.6) is 0 Å². The quantitative estimate of drug-likeness (QED) is 0.681. The lowest BCUT2D eigenvalue weighted by atomic mass is 9.80. The Bertz CT molecular complexity index is 303. The van der Waals surface area contributed by atoms with Crippen LogP contribution in [0.25, 0.3) is 0 Å². The summed E-state index contributed by atoms with van der Waals surface area (Å²) in [6.07, 6.45) is 2.88. The van der Waals surface area contributed by atoms with Gasteiger partial charge in [-0.1, -0.05) is 13.8 Å². The number of carbonyl (C=O) groups excluding carboxylic acids is 1. The fraction of sp³-hybridized carbons (Fsp3) is 0.917. The van der Waals surface area contributed by atoms with Gasteiger partial charge in [-0.15, -0.1) is 0 Å². The van der Waals surface area contributed by atoms with Crippen molar-refractivity contribution in [3.8, 4) is 0 Å². The molecule has 1 aliphatic carbocycles. The van der Waals surface area contributed by atoms with E-state index in [9.17, 15) is 4.79 Å². The molecule has 1 aliphatic heterocycles. The van der Waals surface area contributed by atoms with Crippen molar-refractivity contribution >= 4 is 5.97 Å². The summed E-state index contributed by atoms with van der Waals surface area (Å²) in [5, 5.41) is 0. The summed E-state index contributed by atoms with van der Waals surface area (Å²) in [5.41, 5.74) is 5.84. The van der Waals surface area contributed by atoms with E-state index in [4.69, 9.17) is 15.2 Å². The third-order valence-electron chi connectivity index (χ3n) is 4.02. The second-order valence-electron chi connectivity index (χ2n) is 5.88. The maximum absolute atomic E-state index is 11.8. The number of nitrogens with two attached hydrogens (primary N) is 1. The standard InChI is InChI=1S/C12H21NO3/c1-11(2)4-5-12(7-11)9(10(14)15-3)8(13)6-16-12/h8-9H,4-7,13H2,1-3H3. The molecule has 2 N–H and O–H groups in total. The zero-order valence-electron chi connectivity index (χ0n) is 10.3. The van der Waals surface area contributed by atoms with Gasteiger partial charge in [0.25, 0.3) is 0 Å². The number of hydrogen-bond acceptors (Lipinski definition) is 4. The van der Waals surface area contributed by atoms with Gasteiger partial charge >= 0.3 is 5.97 Å². The van der Waals surface area contributed by atoms with Crippen molar-refractivity contribution in [1.29, 1.82) is 0 Å². The molecule has 3 atom stereocenters. The third-order valence-corrected chi connectivity index (χ3v) is 4.02. The van der Waals surface area contributed by atoms with Crippen molar-refractivity contribution in [2.24, 2.45) is 17.1 Å². The van der Waals surface area contributed by atoms with Crippen LogP contribution in [0.1, 0.15) is 33.1 Å². The van der Waals surface area contributed by atoms with Crippen molar-refractivity contribution in [1.82, 2.24) is 0 Å². The predicted molar refractivity (Wildman–Crippen MR) is 59.8 cm³/mol. The molecule has 1 heterocycles. The number of rotatable bonds is 1. The first-order valence-corrected chi connectivity index (χ1v) is 5.88. The van der Waals surface area contributed by atoms with Crippen LogP contribution in [0.4, 0.5) is 0 Å². The fourth-order valence-corrected chi connectivity index (χ4v) is 3.28. The van der Waals surface area contributed by atoms with E-state index in [-0.39, 0.29) is 28.9 Å².